The molecule has 0 spiro atoms. The summed E-state index contributed by atoms with van der Waals surface area (Å²) in [6, 6.07) is 10.5. The topological polar surface area (TPSA) is 35.8 Å². The second-order valence-electron chi connectivity index (χ2n) is 6.16. The Morgan fingerprint density at radius 1 is 1.44 bits per heavy atom. The maximum absolute atomic E-state index is 9.63. The van der Waals surface area contributed by atoms with E-state index >= 15 is 0 Å². The van der Waals surface area contributed by atoms with E-state index in [0.717, 1.165) is 23.0 Å². The molecule has 1 N–H and O–H groups in total. The lowest BCUT2D eigenvalue weighted by atomic mass is 9.87. The van der Waals surface area contributed by atoms with Gasteiger partial charge in [-0.3, -0.25) is 0 Å². The molecule has 1 aromatic carbocycles. The van der Waals surface area contributed by atoms with Crippen molar-refractivity contribution in [3.8, 4) is 6.07 Å². The van der Waals surface area contributed by atoms with Gasteiger partial charge in [0.2, 0.25) is 0 Å². The fraction of sp³-hybridized carbons (Fsp3) is 0.533. The predicted molar refractivity (Wildman–Crippen MR) is 78.3 cm³/mol. The molecule has 2 unspecified atom stereocenters. The first-order chi connectivity index (χ1) is 8.37. The highest BCUT2D eigenvalue weighted by Crippen LogP contribution is 2.48. The Kier molecular flexibility index (Phi) is 3.42. The minimum atomic E-state index is -0.440. The first-order valence-electron chi connectivity index (χ1n) is 6.32. The van der Waals surface area contributed by atoms with Crippen molar-refractivity contribution in [2.75, 3.05) is 5.32 Å². The molecule has 0 amide bonds. The monoisotopic (exact) mass is 306 g/mol. The van der Waals surface area contributed by atoms with Crippen molar-refractivity contribution < 1.29 is 0 Å². The Labute approximate surface area is 118 Å². The first kappa shape index (κ1) is 13.4. The maximum Gasteiger partial charge on any atom is 0.128 e. The average Bonchev–Trinajstić information content (AvgIpc) is 2.49. The lowest BCUT2D eigenvalue weighted by Crippen LogP contribution is -2.39. The fourth-order valence-electron chi connectivity index (χ4n) is 3.17. The maximum atomic E-state index is 9.63. The zero-order valence-corrected chi connectivity index (χ0v) is 12.7. The number of halogens is 1. The van der Waals surface area contributed by atoms with Gasteiger partial charge in [-0.15, -0.1) is 0 Å². The van der Waals surface area contributed by atoms with Crippen molar-refractivity contribution >= 4 is 21.6 Å². The molecule has 0 aromatic heterocycles. The standard InChI is InChI=1S/C15H19BrN2/c1-11-8-14(2,3)9-15(11,10-17)18-13-6-4-5-12(16)7-13/h4-7,11,18H,8-9H2,1-3H3. The van der Waals surface area contributed by atoms with Gasteiger partial charge in [0.1, 0.15) is 5.54 Å². The van der Waals surface area contributed by atoms with Gasteiger partial charge >= 0.3 is 0 Å². The van der Waals surface area contributed by atoms with Gasteiger partial charge in [0.15, 0.2) is 0 Å². The molecule has 96 valence electrons. The van der Waals surface area contributed by atoms with E-state index in [9.17, 15) is 5.26 Å². The molecule has 1 aliphatic rings. The summed E-state index contributed by atoms with van der Waals surface area (Å²) in [6.07, 6.45) is 1.98. The SMILES string of the molecule is CC1CC(C)(C)CC1(C#N)Nc1cccc(Br)c1. The molecule has 0 heterocycles. The minimum Gasteiger partial charge on any atom is -0.367 e. The van der Waals surface area contributed by atoms with E-state index in [0.29, 0.717) is 5.92 Å². The summed E-state index contributed by atoms with van der Waals surface area (Å²) in [7, 11) is 0. The predicted octanol–water partition coefficient (Wildman–Crippen LogP) is 4.58. The van der Waals surface area contributed by atoms with E-state index < -0.39 is 5.54 Å². The Morgan fingerprint density at radius 3 is 2.67 bits per heavy atom. The van der Waals surface area contributed by atoms with Gasteiger partial charge in [-0.1, -0.05) is 42.8 Å². The minimum absolute atomic E-state index is 0.230. The van der Waals surface area contributed by atoms with E-state index in [1.165, 1.54) is 0 Å². The second-order valence-corrected chi connectivity index (χ2v) is 7.08. The number of anilines is 1. The highest BCUT2D eigenvalue weighted by Gasteiger charge is 2.49. The van der Waals surface area contributed by atoms with Crippen molar-refractivity contribution in [2.45, 2.75) is 39.2 Å². The molecule has 3 heteroatoms. The number of nitriles is 1. The number of benzene rings is 1. The Balaban J connectivity index is 2.28. The van der Waals surface area contributed by atoms with Crippen LogP contribution in [0.3, 0.4) is 0 Å². The van der Waals surface area contributed by atoms with Crippen molar-refractivity contribution in [1.29, 1.82) is 5.26 Å². The van der Waals surface area contributed by atoms with Crippen LogP contribution in [-0.2, 0) is 0 Å². The summed E-state index contributed by atoms with van der Waals surface area (Å²) in [4.78, 5) is 0. The highest BCUT2D eigenvalue weighted by atomic mass is 79.9. The molecule has 0 radical (unpaired) electrons. The molecule has 1 fully saturated rings. The van der Waals surface area contributed by atoms with Gasteiger partial charge in [0.25, 0.3) is 0 Å². The summed E-state index contributed by atoms with van der Waals surface area (Å²) in [5.74, 6) is 0.358. The summed E-state index contributed by atoms with van der Waals surface area (Å²) < 4.78 is 1.03. The van der Waals surface area contributed by atoms with Crippen molar-refractivity contribution in [3.05, 3.63) is 28.7 Å². The van der Waals surface area contributed by atoms with Crippen LogP contribution in [0.5, 0.6) is 0 Å². The smallest absolute Gasteiger partial charge is 0.128 e. The molecule has 2 nitrogen and oxygen atoms in total. The lowest BCUT2D eigenvalue weighted by molar-refractivity contribution is 0.363. The van der Waals surface area contributed by atoms with Crippen LogP contribution in [0.25, 0.3) is 0 Å². The Morgan fingerprint density at radius 2 is 2.17 bits per heavy atom. The van der Waals surface area contributed by atoms with Gasteiger partial charge in [0, 0.05) is 10.2 Å². The fourth-order valence-corrected chi connectivity index (χ4v) is 3.57. The molecular weight excluding hydrogens is 288 g/mol. The third-order valence-electron chi connectivity index (χ3n) is 3.85. The molecule has 1 saturated carbocycles. The third-order valence-corrected chi connectivity index (χ3v) is 4.34. The van der Waals surface area contributed by atoms with E-state index in [1.54, 1.807) is 0 Å². The van der Waals surface area contributed by atoms with Crippen molar-refractivity contribution in [2.24, 2.45) is 11.3 Å². The highest BCUT2D eigenvalue weighted by molar-refractivity contribution is 9.10. The number of nitrogens with zero attached hydrogens (tertiary/aromatic N) is 1. The van der Waals surface area contributed by atoms with Crippen LogP contribution in [0.4, 0.5) is 5.69 Å². The van der Waals surface area contributed by atoms with Gasteiger partial charge in [-0.25, -0.2) is 0 Å². The van der Waals surface area contributed by atoms with Gasteiger partial charge in [-0.05, 0) is 42.4 Å². The van der Waals surface area contributed by atoms with E-state index in [-0.39, 0.29) is 5.41 Å². The van der Waals surface area contributed by atoms with Crippen LogP contribution in [0, 0.1) is 22.7 Å². The quantitative estimate of drug-likeness (QED) is 0.868. The van der Waals surface area contributed by atoms with Crippen LogP contribution in [0.1, 0.15) is 33.6 Å². The van der Waals surface area contributed by atoms with Crippen LogP contribution < -0.4 is 5.32 Å². The molecule has 2 rings (SSSR count). The molecule has 1 aromatic rings. The number of hydrogen-bond donors (Lipinski definition) is 1. The third kappa shape index (κ3) is 2.54. The molecule has 0 bridgehead atoms. The van der Waals surface area contributed by atoms with Crippen molar-refractivity contribution in [1.82, 2.24) is 0 Å². The molecule has 0 aliphatic heterocycles. The van der Waals surface area contributed by atoms with Crippen LogP contribution >= 0.6 is 15.9 Å². The first-order valence-corrected chi connectivity index (χ1v) is 7.11. The summed E-state index contributed by atoms with van der Waals surface area (Å²) in [5.41, 5.74) is 0.800. The summed E-state index contributed by atoms with van der Waals surface area (Å²) >= 11 is 3.47. The van der Waals surface area contributed by atoms with E-state index in [1.807, 2.05) is 24.3 Å². The van der Waals surface area contributed by atoms with Gasteiger partial charge < -0.3 is 5.32 Å². The number of hydrogen-bond acceptors (Lipinski definition) is 2. The molecule has 0 saturated heterocycles. The zero-order valence-electron chi connectivity index (χ0n) is 11.1. The summed E-state index contributed by atoms with van der Waals surface area (Å²) in [5, 5.41) is 13.1. The van der Waals surface area contributed by atoms with Crippen LogP contribution in [-0.4, -0.2) is 5.54 Å². The van der Waals surface area contributed by atoms with Gasteiger partial charge in [0.05, 0.1) is 6.07 Å². The molecular formula is C15H19BrN2. The Bertz CT molecular complexity index is 490. The lowest BCUT2D eigenvalue weighted by Gasteiger charge is -2.29. The van der Waals surface area contributed by atoms with Crippen LogP contribution in [0.15, 0.2) is 28.7 Å². The molecule has 18 heavy (non-hydrogen) atoms. The van der Waals surface area contributed by atoms with Gasteiger partial charge in [-0.2, -0.15) is 5.26 Å². The van der Waals surface area contributed by atoms with Crippen molar-refractivity contribution in [3.63, 3.8) is 0 Å². The number of rotatable bonds is 2. The largest absolute Gasteiger partial charge is 0.367 e. The summed E-state index contributed by atoms with van der Waals surface area (Å²) in [6.45, 7) is 6.65. The Hall–Kier alpha value is -1.01. The average molecular weight is 307 g/mol. The van der Waals surface area contributed by atoms with Crippen LogP contribution in [0.2, 0.25) is 0 Å². The molecule has 1 aliphatic carbocycles. The number of nitrogens with one attached hydrogen (secondary N) is 1. The molecule has 2 atom stereocenters. The zero-order chi connectivity index (χ0) is 13.4. The van der Waals surface area contributed by atoms with E-state index in [4.69, 9.17) is 0 Å². The second kappa shape index (κ2) is 4.59. The van der Waals surface area contributed by atoms with E-state index in [2.05, 4.69) is 48.1 Å². The normalized spacial score (nSPS) is 29.8.